The van der Waals surface area contributed by atoms with Crippen LogP contribution in [0.4, 0.5) is 0 Å². The molecule has 12 N–H and O–H groups in total. The maximum Gasteiger partial charge on any atom is 0.255 e. The van der Waals surface area contributed by atoms with E-state index in [-0.39, 0.29) is 35.8 Å². The van der Waals surface area contributed by atoms with Crippen molar-refractivity contribution in [3.8, 4) is 0 Å². The lowest BCUT2D eigenvalue weighted by Gasteiger charge is -2.27. The maximum absolute atomic E-state index is 12.8. The molecule has 0 aromatic heterocycles. The Morgan fingerprint density at radius 1 is 0.673 bits per heavy atom. The third-order valence-electron chi connectivity index (χ3n) is 9.82. The van der Waals surface area contributed by atoms with E-state index in [2.05, 4.69) is 17.6 Å². The molecule has 2 aliphatic rings. The van der Waals surface area contributed by atoms with Crippen LogP contribution in [-0.2, 0) is 19.2 Å². The summed E-state index contributed by atoms with van der Waals surface area (Å²) < 4.78 is 0. The molecule has 0 heterocycles. The first-order chi connectivity index (χ1) is 26.2. The molecule has 4 rings (SSSR count). The van der Waals surface area contributed by atoms with Crippen molar-refractivity contribution in [2.45, 2.75) is 103 Å². The number of hydrogen-bond donors (Lipinski definition) is 8. The Balaban J connectivity index is 0.000000364. The van der Waals surface area contributed by atoms with E-state index in [0.29, 0.717) is 38.5 Å². The molecule has 0 saturated heterocycles. The minimum Gasteiger partial charge on any atom is -0.401 e. The second-order valence-corrected chi connectivity index (χ2v) is 14.7. The summed E-state index contributed by atoms with van der Waals surface area (Å²) in [5, 5.41) is 21.8. The van der Waals surface area contributed by atoms with Crippen LogP contribution in [0.15, 0.2) is 71.1 Å². The minimum absolute atomic E-state index is 0.0688. The summed E-state index contributed by atoms with van der Waals surface area (Å²) in [6, 6.07) is 12.5. The van der Waals surface area contributed by atoms with Gasteiger partial charge in [-0.1, -0.05) is 100 Å². The van der Waals surface area contributed by atoms with Crippen LogP contribution in [0.5, 0.6) is 0 Å². The molecular formula is C41H58Cl2N8O4. The second-order valence-electron chi connectivity index (χ2n) is 13.8. The number of carbonyl (C=O) groups excluding carboxylic acids is 4. The van der Waals surface area contributed by atoms with Gasteiger partial charge in [0.15, 0.2) is 0 Å². The van der Waals surface area contributed by atoms with Crippen molar-refractivity contribution >= 4 is 59.3 Å². The van der Waals surface area contributed by atoms with Crippen LogP contribution >= 0.6 is 23.2 Å². The van der Waals surface area contributed by atoms with Crippen LogP contribution in [0.2, 0.25) is 10.0 Å². The van der Waals surface area contributed by atoms with Crippen LogP contribution in [-0.4, -0.2) is 36.1 Å². The van der Waals surface area contributed by atoms with Gasteiger partial charge in [0.1, 0.15) is 0 Å². The van der Waals surface area contributed by atoms with Crippen LogP contribution < -0.4 is 33.6 Å². The Kier molecular flexibility index (Phi) is 20.2. The predicted octanol–water partition coefficient (Wildman–Crippen LogP) is 6.90. The van der Waals surface area contributed by atoms with E-state index in [1.165, 1.54) is 6.42 Å². The van der Waals surface area contributed by atoms with Crippen LogP contribution in [0.25, 0.3) is 0 Å². The van der Waals surface area contributed by atoms with E-state index >= 15 is 0 Å². The number of nitrogens with one attached hydrogen (secondary N) is 4. The Morgan fingerprint density at radius 2 is 1.05 bits per heavy atom. The van der Waals surface area contributed by atoms with Crippen molar-refractivity contribution in [2.24, 2.45) is 40.7 Å². The molecule has 55 heavy (non-hydrogen) atoms. The van der Waals surface area contributed by atoms with Gasteiger partial charge in [-0.05, 0) is 78.8 Å². The smallest absolute Gasteiger partial charge is 0.255 e. The molecule has 2 fully saturated rings. The molecule has 300 valence electrons. The number of amides is 4. The first-order valence-electron chi connectivity index (χ1n) is 18.9. The highest BCUT2D eigenvalue weighted by molar-refractivity contribution is 6.31. The SMILES string of the molecule is CC.CC1CCC(/C(N)=C(/C=N)C(=O)N[C@@H](CC(N)=O)c2cccc(Cl)c2)CC1.N=C/C(C(=O)N[C@@H](CC(N)=O)c1cccc(Cl)c1)=C(\N)C1CCCCC1. The maximum atomic E-state index is 12.8. The average Bonchev–Trinajstić information content (AvgIpc) is 3.16. The highest BCUT2D eigenvalue weighted by Crippen LogP contribution is 2.33. The number of primary amides is 2. The molecule has 2 aliphatic carbocycles. The molecule has 0 spiro atoms. The molecule has 2 saturated carbocycles. The van der Waals surface area contributed by atoms with Gasteiger partial charge >= 0.3 is 0 Å². The largest absolute Gasteiger partial charge is 0.401 e. The number of benzene rings is 2. The molecule has 0 unspecified atom stereocenters. The quantitative estimate of drug-likeness (QED) is 0.0746. The number of hydrogen-bond acceptors (Lipinski definition) is 8. The fraction of sp³-hybridized carbons (Fsp3) is 0.463. The monoisotopic (exact) mass is 796 g/mol. The molecule has 2 aromatic carbocycles. The zero-order valence-electron chi connectivity index (χ0n) is 32.1. The lowest BCUT2D eigenvalue weighted by Crippen LogP contribution is -2.35. The lowest BCUT2D eigenvalue weighted by atomic mass is 9.80. The molecule has 0 bridgehead atoms. The van der Waals surface area contributed by atoms with Gasteiger partial charge in [-0.15, -0.1) is 0 Å². The minimum atomic E-state index is -0.636. The van der Waals surface area contributed by atoms with E-state index in [1.54, 1.807) is 48.5 Å². The number of nitrogens with two attached hydrogens (primary N) is 4. The average molecular weight is 798 g/mol. The van der Waals surface area contributed by atoms with Crippen molar-refractivity contribution in [3.63, 3.8) is 0 Å². The first-order valence-corrected chi connectivity index (χ1v) is 19.7. The summed E-state index contributed by atoms with van der Waals surface area (Å²) in [4.78, 5) is 48.4. The van der Waals surface area contributed by atoms with Gasteiger partial charge in [0.05, 0.1) is 36.1 Å². The Labute approximate surface area is 335 Å². The van der Waals surface area contributed by atoms with E-state index in [1.807, 2.05) is 13.8 Å². The van der Waals surface area contributed by atoms with Gasteiger partial charge in [-0.2, -0.15) is 0 Å². The van der Waals surface area contributed by atoms with E-state index in [4.69, 9.17) is 57.0 Å². The fourth-order valence-electron chi connectivity index (χ4n) is 6.81. The molecule has 0 aliphatic heterocycles. The van der Waals surface area contributed by atoms with E-state index < -0.39 is 35.7 Å². The third kappa shape index (κ3) is 15.2. The Bertz CT molecular complexity index is 1700. The molecule has 4 amide bonds. The summed E-state index contributed by atoms with van der Waals surface area (Å²) in [5.74, 6) is -1.17. The number of carbonyl (C=O) groups is 4. The normalized spacial score (nSPS) is 18.9. The zero-order valence-corrected chi connectivity index (χ0v) is 33.6. The lowest BCUT2D eigenvalue weighted by molar-refractivity contribution is -0.121. The summed E-state index contributed by atoms with van der Waals surface area (Å²) in [6.07, 6.45) is 11.0. The first kappa shape index (κ1) is 46.5. The summed E-state index contributed by atoms with van der Waals surface area (Å²) in [7, 11) is 0. The number of rotatable bonds is 14. The van der Waals surface area contributed by atoms with Crippen molar-refractivity contribution < 1.29 is 19.2 Å². The standard InChI is InChI=1S/C20H27ClN4O2.C19H25ClN4O2.C2H6/c1-12-5-7-13(8-6-12)19(24)16(11-22)20(27)25-17(10-18(23)26)14-3-2-4-15(21)9-14;20-14-8-4-7-13(9-14)16(10-17(22)25)24-19(26)15(11-21)18(23)12-5-2-1-3-6-12;1-2/h2-4,9,11-13,17,22H,5-8,10,24H2,1H3,(H2,23,26)(H,25,27);4,7-9,11-12,16,21H,1-3,5-6,10,23H2,(H2,22,25)(H,24,26);1-2H3/b19-16+,22-11?;18-15+,21-11?;/t12?,13?,17-;16-;/m00./s1. The van der Waals surface area contributed by atoms with Gasteiger partial charge in [0.25, 0.3) is 11.8 Å². The predicted molar refractivity (Wildman–Crippen MR) is 221 cm³/mol. The van der Waals surface area contributed by atoms with E-state index in [9.17, 15) is 19.2 Å². The van der Waals surface area contributed by atoms with Gasteiger partial charge < -0.3 is 44.4 Å². The molecule has 2 atom stereocenters. The topological polar surface area (TPSA) is 244 Å². The second kappa shape index (κ2) is 24.0. The van der Waals surface area contributed by atoms with Gasteiger partial charge in [-0.25, -0.2) is 0 Å². The van der Waals surface area contributed by atoms with Crippen molar-refractivity contribution in [1.82, 2.24) is 10.6 Å². The van der Waals surface area contributed by atoms with Crippen molar-refractivity contribution in [3.05, 3.63) is 92.2 Å². The molecular weight excluding hydrogens is 739 g/mol. The van der Waals surface area contributed by atoms with Crippen LogP contribution in [0, 0.1) is 28.6 Å². The summed E-state index contributed by atoms with van der Waals surface area (Å²) >= 11 is 12.0. The van der Waals surface area contributed by atoms with Crippen LogP contribution in [0.1, 0.15) is 115 Å². The van der Waals surface area contributed by atoms with E-state index in [0.717, 1.165) is 63.8 Å². The zero-order chi connectivity index (χ0) is 41.1. The summed E-state index contributed by atoms with van der Waals surface area (Å²) in [5.41, 5.74) is 25.6. The molecule has 0 radical (unpaired) electrons. The van der Waals surface area contributed by atoms with Gasteiger partial charge in [0, 0.05) is 33.9 Å². The van der Waals surface area contributed by atoms with Gasteiger partial charge in [0.2, 0.25) is 11.8 Å². The number of allylic oxidation sites excluding steroid dienone is 2. The molecule has 12 nitrogen and oxygen atoms in total. The Morgan fingerprint density at radius 3 is 1.40 bits per heavy atom. The van der Waals surface area contributed by atoms with Crippen molar-refractivity contribution in [1.29, 1.82) is 10.8 Å². The summed E-state index contributed by atoms with van der Waals surface area (Å²) in [6.45, 7) is 6.21. The fourth-order valence-corrected chi connectivity index (χ4v) is 7.21. The molecule has 14 heteroatoms. The third-order valence-corrected chi connectivity index (χ3v) is 10.3. The number of halogens is 2. The van der Waals surface area contributed by atoms with Crippen molar-refractivity contribution in [2.75, 3.05) is 0 Å². The van der Waals surface area contributed by atoms with Crippen LogP contribution in [0.3, 0.4) is 0 Å². The Hall–Kier alpha value is -4.68. The molecule has 2 aromatic rings. The highest BCUT2D eigenvalue weighted by Gasteiger charge is 2.27. The highest BCUT2D eigenvalue weighted by atomic mass is 35.5. The van der Waals surface area contributed by atoms with Gasteiger partial charge in [-0.3, -0.25) is 19.2 Å².